The fraction of sp³-hybridized carbons (Fsp3) is 0.333. The molecule has 0 aliphatic carbocycles. The molecule has 0 amide bonds. The average molecular weight is 241 g/mol. The molecule has 0 spiro atoms. The highest BCUT2D eigenvalue weighted by atomic mass is 79.9. The summed E-state index contributed by atoms with van der Waals surface area (Å²) < 4.78 is 36.1. The molecule has 1 rings (SSSR count). The van der Waals surface area contributed by atoms with Gasteiger partial charge >= 0.3 is 6.18 Å². The number of hydrogen-bond donors (Lipinski definition) is 0. The minimum absolute atomic E-state index is 0.141. The van der Waals surface area contributed by atoms with E-state index in [1.165, 1.54) is 13.0 Å². The van der Waals surface area contributed by atoms with Crippen molar-refractivity contribution in [1.82, 2.24) is 9.97 Å². The first-order valence-corrected chi connectivity index (χ1v) is 3.77. The van der Waals surface area contributed by atoms with Gasteiger partial charge in [-0.3, -0.25) is 0 Å². The fourth-order valence-electron chi connectivity index (χ4n) is 0.657. The molecule has 1 aromatic heterocycles. The lowest BCUT2D eigenvalue weighted by Gasteiger charge is -2.04. The third kappa shape index (κ3) is 2.17. The predicted molar refractivity (Wildman–Crippen MR) is 39.5 cm³/mol. The summed E-state index contributed by atoms with van der Waals surface area (Å²) in [5, 5.41) is 0. The molecule has 0 unspecified atom stereocenters. The highest BCUT2D eigenvalue weighted by Crippen LogP contribution is 2.26. The van der Waals surface area contributed by atoms with E-state index in [4.69, 9.17) is 0 Å². The minimum Gasteiger partial charge on any atom is -0.230 e. The molecule has 6 heteroatoms. The molecule has 0 saturated heterocycles. The van der Waals surface area contributed by atoms with Crippen molar-refractivity contribution in [1.29, 1.82) is 0 Å². The molecule has 0 atom stereocenters. The van der Waals surface area contributed by atoms with Crippen molar-refractivity contribution in [2.75, 3.05) is 0 Å². The number of aryl methyl sites for hydroxylation is 1. The Morgan fingerprint density at radius 2 is 1.92 bits per heavy atom. The van der Waals surface area contributed by atoms with E-state index in [0.717, 1.165) is 0 Å². The van der Waals surface area contributed by atoms with Gasteiger partial charge in [-0.1, -0.05) is 0 Å². The third-order valence-corrected chi connectivity index (χ3v) is 1.48. The fourth-order valence-corrected chi connectivity index (χ4v) is 1.16. The predicted octanol–water partition coefficient (Wildman–Crippen LogP) is 2.57. The summed E-state index contributed by atoms with van der Waals surface area (Å²) in [5.41, 5.74) is 0.282. The second-order valence-electron chi connectivity index (χ2n) is 2.15. The Balaban J connectivity index is 3.18. The highest BCUT2D eigenvalue weighted by Gasteiger charge is 2.34. The van der Waals surface area contributed by atoms with E-state index in [9.17, 15) is 13.2 Å². The van der Waals surface area contributed by atoms with Crippen LogP contribution in [0.1, 0.15) is 11.5 Å². The van der Waals surface area contributed by atoms with Crippen LogP contribution in [0.15, 0.2) is 10.7 Å². The lowest BCUT2D eigenvalue weighted by atomic mass is 10.4. The topological polar surface area (TPSA) is 25.8 Å². The van der Waals surface area contributed by atoms with Gasteiger partial charge in [0.1, 0.15) is 4.60 Å². The first kappa shape index (κ1) is 9.44. The normalized spacial score (nSPS) is 11.8. The van der Waals surface area contributed by atoms with E-state index in [2.05, 4.69) is 25.9 Å². The van der Waals surface area contributed by atoms with Crippen LogP contribution in [0.3, 0.4) is 0 Å². The summed E-state index contributed by atoms with van der Waals surface area (Å²) in [6.07, 6.45) is -4.48. The van der Waals surface area contributed by atoms with E-state index >= 15 is 0 Å². The Bertz CT molecular complexity index is 277. The summed E-state index contributed by atoms with van der Waals surface area (Å²) in [5.74, 6) is -1.12. The molecule has 0 radical (unpaired) electrons. The standard InChI is InChI=1S/C6H4BrF3N2/c1-3-2-4(7)12-5(11-3)6(8,9)10/h2H,1H3. The van der Waals surface area contributed by atoms with E-state index in [-0.39, 0.29) is 10.3 Å². The molecule has 0 aliphatic rings. The van der Waals surface area contributed by atoms with Gasteiger partial charge in [-0.05, 0) is 28.9 Å². The first-order chi connectivity index (χ1) is 5.39. The van der Waals surface area contributed by atoms with Crippen LogP contribution < -0.4 is 0 Å². The Morgan fingerprint density at radius 1 is 1.33 bits per heavy atom. The van der Waals surface area contributed by atoms with Gasteiger partial charge in [-0.25, -0.2) is 9.97 Å². The van der Waals surface area contributed by atoms with Crippen LogP contribution in [0, 0.1) is 6.92 Å². The second-order valence-corrected chi connectivity index (χ2v) is 2.97. The lowest BCUT2D eigenvalue weighted by molar-refractivity contribution is -0.145. The lowest BCUT2D eigenvalue weighted by Crippen LogP contribution is -2.11. The van der Waals surface area contributed by atoms with E-state index in [1.807, 2.05) is 0 Å². The molecule has 2 nitrogen and oxygen atoms in total. The number of alkyl halides is 3. The largest absolute Gasteiger partial charge is 0.451 e. The van der Waals surface area contributed by atoms with Crippen LogP contribution in [0.25, 0.3) is 0 Å². The number of halogens is 4. The maximum absolute atomic E-state index is 12.0. The van der Waals surface area contributed by atoms with Crippen molar-refractivity contribution in [3.8, 4) is 0 Å². The molecule has 0 aliphatic heterocycles. The van der Waals surface area contributed by atoms with E-state index < -0.39 is 12.0 Å². The zero-order chi connectivity index (χ0) is 9.35. The van der Waals surface area contributed by atoms with Crippen LogP contribution in [-0.4, -0.2) is 9.97 Å². The Morgan fingerprint density at radius 3 is 2.33 bits per heavy atom. The number of aromatic nitrogens is 2. The molecule has 1 aromatic rings. The molecule has 0 N–H and O–H groups in total. The average Bonchev–Trinajstić information content (AvgIpc) is 1.82. The Labute approximate surface area is 75.0 Å². The minimum atomic E-state index is -4.48. The molecule has 0 aromatic carbocycles. The highest BCUT2D eigenvalue weighted by molar-refractivity contribution is 9.10. The molecule has 0 bridgehead atoms. The smallest absolute Gasteiger partial charge is 0.230 e. The molecule has 66 valence electrons. The first-order valence-electron chi connectivity index (χ1n) is 2.98. The van der Waals surface area contributed by atoms with Crippen molar-refractivity contribution in [3.05, 3.63) is 22.2 Å². The van der Waals surface area contributed by atoms with E-state index in [1.54, 1.807) is 0 Å². The number of nitrogens with zero attached hydrogens (tertiary/aromatic N) is 2. The summed E-state index contributed by atoms with van der Waals surface area (Å²) in [6, 6.07) is 1.41. The van der Waals surface area contributed by atoms with Crippen molar-refractivity contribution in [2.24, 2.45) is 0 Å². The molecule has 0 saturated carbocycles. The van der Waals surface area contributed by atoms with Crippen molar-refractivity contribution >= 4 is 15.9 Å². The van der Waals surface area contributed by atoms with Gasteiger partial charge in [-0.2, -0.15) is 13.2 Å². The van der Waals surface area contributed by atoms with Gasteiger partial charge in [0.2, 0.25) is 5.82 Å². The molecular formula is C6H4BrF3N2. The quantitative estimate of drug-likeness (QED) is 0.652. The summed E-state index contributed by atoms with van der Waals surface area (Å²) in [4.78, 5) is 6.42. The molecular weight excluding hydrogens is 237 g/mol. The summed E-state index contributed by atoms with van der Waals surface area (Å²) in [7, 11) is 0. The number of rotatable bonds is 0. The Kier molecular flexibility index (Phi) is 2.36. The zero-order valence-electron chi connectivity index (χ0n) is 5.98. The SMILES string of the molecule is Cc1cc(Br)nc(C(F)(F)F)n1. The van der Waals surface area contributed by atoms with Gasteiger partial charge < -0.3 is 0 Å². The summed E-state index contributed by atoms with van der Waals surface area (Å²) in [6.45, 7) is 1.47. The van der Waals surface area contributed by atoms with Crippen molar-refractivity contribution < 1.29 is 13.2 Å². The van der Waals surface area contributed by atoms with E-state index in [0.29, 0.717) is 0 Å². The molecule has 0 fully saturated rings. The third-order valence-electron chi connectivity index (χ3n) is 1.08. The summed E-state index contributed by atoms with van der Waals surface area (Å²) >= 11 is 2.85. The molecule has 12 heavy (non-hydrogen) atoms. The van der Waals surface area contributed by atoms with Gasteiger partial charge in [0, 0.05) is 5.69 Å². The van der Waals surface area contributed by atoms with Crippen LogP contribution >= 0.6 is 15.9 Å². The van der Waals surface area contributed by atoms with Gasteiger partial charge in [0.05, 0.1) is 0 Å². The second kappa shape index (κ2) is 3.01. The van der Waals surface area contributed by atoms with Crippen LogP contribution in [-0.2, 0) is 6.18 Å². The maximum Gasteiger partial charge on any atom is 0.451 e. The van der Waals surface area contributed by atoms with Crippen molar-refractivity contribution in [3.63, 3.8) is 0 Å². The molecule has 1 heterocycles. The van der Waals surface area contributed by atoms with Gasteiger partial charge in [0.25, 0.3) is 0 Å². The number of hydrogen-bond acceptors (Lipinski definition) is 2. The van der Waals surface area contributed by atoms with Crippen LogP contribution in [0.4, 0.5) is 13.2 Å². The van der Waals surface area contributed by atoms with Gasteiger partial charge in [-0.15, -0.1) is 0 Å². The van der Waals surface area contributed by atoms with Crippen LogP contribution in [0.5, 0.6) is 0 Å². The monoisotopic (exact) mass is 240 g/mol. The van der Waals surface area contributed by atoms with Gasteiger partial charge in [0.15, 0.2) is 0 Å². The van der Waals surface area contributed by atoms with Crippen LogP contribution in [0.2, 0.25) is 0 Å². The maximum atomic E-state index is 12.0. The van der Waals surface area contributed by atoms with Crippen molar-refractivity contribution in [2.45, 2.75) is 13.1 Å². The Hall–Kier alpha value is -0.650. The zero-order valence-corrected chi connectivity index (χ0v) is 7.57.